The molecule has 3 saturated carbocycles. The monoisotopic (exact) mass is 532 g/mol. The summed E-state index contributed by atoms with van der Waals surface area (Å²) in [5.41, 5.74) is 0.381. The van der Waals surface area contributed by atoms with Crippen LogP contribution in [0.3, 0.4) is 0 Å². The fourth-order valence-corrected chi connectivity index (χ4v) is 11.1. The van der Waals surface area contributed by atoms with Gasteiger partial charge in [-0.25, -0.2) is 4.85 Å². The number of hydrogen-bond donors (Lipinski definition) is 1. The van der Waals surface area contributed by atoms with Crippen LogP contribution in [0.1, 0.15) is 93.4 Å². The Morgan fingerprint density at radius 3 is 2.31 bits per heavy atom. The first-order chi connectivity index (χ1) is 18.0. The van der Waals surface area contributed by atoms with Gasteiger partial charge in [-0.15, -0.1) is 0 Å². The van der Waals surface area contributed by atoms with Crippen LogP contribution in [-0.4, -0.2) is 47.3 Å². The Morgan fingerprint density at radius 2 is 1.67 bits per heavy atom. The van der Waals surface area contributed by atoms with Crippen molar-refractivity contribution in [3.63, 3.8) is 0 Å². The molecular weight excluding hydrogens is 484 g/mol. The smallest absolute Gasteiger partial charge is 0.226 e. The quantitative estimate of drug-likeness (QED) is 0.428. The summed E-state index contributed by atoms with van der Waals surface area (Å²) in [6, 6.07) is 0. The van der Waals surface area contributed by atoms with Gasteiger partial charge in [-0.1, -0.05) is 60.1 Å². The number of aliphatic hydroxyl groups excluding tert-OH is 1. The van der Waals surface area contributed by atoms with Crippen molar-refractivity contribution in [3.8, 4) is 0 Å². The van der Waals surface area contributed by atoms with Crippen molar-refractivity contribution in [3.05, 3.63) is 34.8 Å². The van der Waals surface area contributed by atoms with E-state index in [9.17, 15) is 14.7 Å². The molecule has 0 bridgehead atoms. The van der Waals surface area contributed by atoms with Crippen LogP contribution >= 0.6 is 0 Å². The summed E-state index contributed by atoms with van der Waals surface area (Å²) in [5, 5.41) is 10.0. The number of Topliss-reactive ketones (excluding diaryl/α,β-unsaturated/α-hetero) is 1. The molecule has 5 nitrogen and oxygen atoms in total. The molecule has 1 N–H and O–H groups in total. The molecule has 39 heavy (non-hydrogen) atoms. The second kappa shape index (κ2) is 8.16. The molecule has 6 aliphatic rings. The summed E-state index contributed by atoms with van der Waals surface area (Å²) >= 11 is 0. The third-order valence-corrected chi connectivity index (χ3v) is 13.5. The van der Waals surface area contributed by atoms with Gasteiger partial charge in [0, 0.05) is 36.4 Å². The molecule has 6 rings (SSSR count). The van der Waals surface area contributed by atoms with E-state index in [1.54, 1.807) is 0 Å². The molecule has 0 unspecified atom stereocenters. The maximum atomic E-state index is 14.6. The standard InChI is InChI=1S/C34H48N2O3/c1-29(2)11-13-34(20-36-18-21(37)19-36)14-12-33(7)27(22(34)16-29)24(38)15-26-31(5)17-23(35-8)28(39)30(3,4)25(31)9-10-32(26,33)6/h15,17,21-22,25,27,37H,9-14,16,18-20H2,1-7H3/t22-,25-,27-,31-,32+,33+,34+/m0/s1. The molecule has 0 aromatic heterocycles. The SMILES string of the molecule is [C-]#[N+]C1=C[C@]2(C)C3=CC(=O)[C@@H]4[C@@H]5CC(C)(C)CC[C@]5(CN5CC(O)C5)CC[C@@]4(C)[C@]3(C)CC[C@H]2C(C)(C)C1=O. The average Bonchev–Trinajstić information content (AvgIpc) is 2.82. The molecule has 7 atom stereocenters. The van der Waals surface area contributed by atoms with Crippen LogP contribution in [0.4, 0.5) is 0 Å². The molecule has 1 heterocycles. The third-order valence-electron chi connectivity index (χ3n) is 13.5. The third kappa shape index (κ3) is 3.49. The molecule has 4 fully saturated rings. The van der Waals surface area contributed by atoms with E-state index in [1.165, 1.54) is 12.0 Å². The molecule has 0 aromatic rings. The molecular formula is C34H48N2O3. The highest BCUT2D eigenvalue weighted by molar-refractivity contribution is 6.03. The largest absolute Gasteiger partial charge is 0.390 e. The minimum absolute atomic E-state index is 0.00605. The van der Waals surface area contributed by atoms with Gasteiger partial charge in [-0.3, -0.25) is 9.69 Å². The zero-order valence-corrected chi connectivity index (χ0v) is 25.2. The van der Waals surface area contributed by atoms with Gasteiger partial charge in [-0.05, 0) is 84.5 Å². The number of likely N-dealkylation sites (tertiary alicyclic amines) is 1. The van der Waals surface area contributed by atoms with Crippen LogP contribution in [0, 0.1) is 56.8 Å². The Labute approximate surface area is 235 Å². The zero-order valence-electron chi connectivity index (χ0n) is 25.2. The van der Waals surface area contributed by atoms with E-state index in [0.29, 0.717) is 5.92 Å². The van der Waals surface area contributed by atoms with Crippen LogP contribution < -0.4 is 0 Å². The van der Waals surface area contributed by atoms with E-state index in [2.05, 4.69) is 44.4 Å². The Morgan fingerprint density at radius 1 is 1.00 bits per heavy atom. The summed E-state index contributed by atoms with van der Waals surface area (Å²) in [5.74, 6) is 0.662. The molecule has 0 spiro atoms. The van der Waals surface area contributed by atoms with Crippen molar-refractivity contribution in [1.82, 2.24) is 4.90 Å². The molecule has 0 aromatic carbocycles. The van der Waals surface area contributed by atoms with Gasteiger partial charge in [0.15, 0.2) is 11.6 Å². The summed E-state index contributed by atoms with van der Waals surface area (Å²) in [6.07, 6.45) is 11.3. The molecule has 0 amide bonds. The number of carbonyl (C=O) groups excluding carboxylic acids is 2. The van der Waals surface area contributed by atoms with Crippen LogP contribution in [0.2, 0.25) is 0 Å². The second-order valence-corrected chi connectivity index (χ2v) is 16.4. The molecule has 212 valence electrons. The normalized spacial score (nSPS) is 46.9. The van der Waals surface area contributed by atoms with Gasteiger partial charge in [0.25, 0.3) is 0 Å². The van der Waals surface area contributed by atoms with Crippen molar-refractivity contribution >= 4 is 11.6 Å². The first-order valence-electron chi connectivity index (χ1n) is 15.4. The average molecular weight is 533 g/mol. The van der Waals surface area contributed by atoms with Crippen molar-refractivity contribution < 1.29 is 14.7 Å². The summed E-state index contributed by atoms with van der Waals surface area (Å²) in [4.78, 5) is 34.0. The van der Waals surface area contributed by atoms with Crippen molar-refractivity contribution in [2.45, 2.75) is 99.5 Å². The fraction of sp³-hybridized carbons (Fsp3) is 0.794. The summed E-state index contributed by atoms with van der Waals surface area (Å²) in [7, 11) is 0. The Hall–Kier alpha value is -1.77. The number of nitrogens with zero attached hydrogens (tertiary/aromatic N) is 2. The lowest BCUT2D eigenvalue weighted by atomic mass is 9.34. The Kier molecular flexibility index (Phi) is 5.73. The highest BCUT2D eigenvalue weighted by Crippen LogP contribution is 2.74. The van der Waals surface area contributed by atoms with Crippen LogP contribution in [0.25, 0.3) is 4.85 Å². The van der Waals surface area contributed by atoms with E-state index in [0.717, 1.165) is 58.2 Å². The number of allylic oxidation sites excluding steroid dienone is 4. The number of β-amino-alcohol motifs (C(OH)–C–C–N with tert-alkyl or cyclic N) is 1. The fourth-order valence-electron chi connectivity index (χ4n) is 11.1. The first-order valence-corrected chi connectivity index (χ1v) is 15.4. The summed E-state index contributed by atoms with van der Waals surface area (Å²) in [6.45, 7) is 26.2. The second-order valence-electron chi connectivity index (χ2n) is 16.4. The van der Waals surface area contributed by atoms with E-state index >= 15 is 0 Å². The molecule has 0 radical (unpaired) electrons. The van der Waals surface area contributed by atoms with E-state index in [4.69, 9.17) is 6.57 Å². The van der Waals surface area contributed by atoms with Crippen molar-refractivity contribution in [2.24, 2.45) is 50.2 Å². The van der Waals surface area contributed by atoms with Crippen LogP contribution in [0.15, 0.2) is 23.4 Å². The maximum Gasteiger partial charge on any atom is 0.226 e. The van der Waals surface area contributed by atoms with E-state index in [1.807, 2.05) is 26.0 Å². The lowest BCUT2D eigenvalue weighted by Crippen LogP contribution is -2.66. The highest BCUT2D eigenvalue weighted by atomic mass is 16.3. The van der Waals surface area contributed by atoms with Gasteiger partial charge in [0.2, 0.25) is 5.70 Å². The number of rotatable bonds is 2. The van der Waals surface area contributed by atoms with E-state index < -0.39 is 10.8 Å². The minimum Gasteiger partial charge on any atom is -0.390 e. The number of ketones is 2. The molecule has 5 heteroatoms. The van der Waals surface area contributed by atoms with Gasteiger partial charge in [-0.2, -0.15) is 0 Å². The van der Waals surface area contributed by atoms with Gasteiger partial charge in [0.05, 0.1) is 12.7 Å². The number of aliphatic hydroxyl groups is 1. The van der Waals surface area contributed by atoms with Crippen LogP contribution in [0.5, 0.6) is 0 Å². The molecule has 5 aliphatic carbocycles. The number of carbonyl (C=O) groups is 2. The topological polar surface area (TPSA) is 62.0 Å². The van der Waals surface area contributed by atoms with Crippen LogP contribution in [-0.2, 0) is 9.59 Å². The van der Waals surface area contributed by atoms with Crippen molar-refractivity contribution in [1.29, 1.82) is 0 Å². The lowest BCUT2D eigenvalue weighted by Gasteiger charge is -2.70. The predicted octanol–water partition coefficient (Wildman–Crippen LogP) is 6.24. The lowest BCUT2D eigenvalue weighted by molar-refractivity contribution is -0.178. The Balaban J connectivity index is 1.47. The minimum atomic E-state index is -0.622. The predicted molar refractivity (Wildman–Crippen MR) is 152 cm³/mol. The molecule has 1 saturated heterocycles. The van der Waals surface area contributed by atoms with E-state index in [-0.39, 0.29) is 56.9 Å². The van der Waals surface area contributed by atoms with Crippen molar-refractivity contribution in [2.75, 3.05) is 19.6 Å². The van der Waals surface area contributed by atoms with Gasteiger partial charge < -0.3 is 9.90 Å². The Bertz CT molecular complexity index is 1230. The van der Waals surface area contributed by atoms with Gasteiger partial charge in [0.1, 0.15) is 0 Å². The highest BCUT2D eigenvalue weighted by Gasteiger charge is 2.69. The number of hydrogen-bond acceptors (Lipinski definition) is 4. The zero-order chi connectivity index (χ0) is 28.4. The number of fused-ring (bicyclic) bond motifs is 7. The molecule has 1 aliphatic heterocycles. The summed E-state index contributed by atoms with van der Waals surface area (Å²) < 4.78 is 0. The van der Waals surface area contributed by atoms with Gasteiger partial charge >= 0.3 is 0 Å². The maximum absolute atomic E-state index is 14.6. The first kappa shape index (κ1) is 27.4.